The third kappa shape index (κ3) is 5.14. The Morgan fingerprint density at radius 2 is 1.82 bits per heavy atom. The van der Waals surface area contributed by atoms with Crippen LogP contribution in [0.15, 0.2) is 29.2 Å². The van der Waals surface area contributed by atoms with Crippen LogP contribution >= 0.6 is 0 Å². The predicted molar refractivity (Wildman–Crippen MR) is 109 cm³/mol. The Morgan fingerprint density at radius 1 is 1.07 bits per heavy atom. The molecule has 3 heterocycles. The van der Waals surface area contributed by atoms with E-state index in [-0.39, 0.29) is 11.0 Å². The molecule has 0 amide bonds. The topological polar surface area (TPSA) is 76.4 Å². The first-order valence-corrected chi connectivity index (χ1v) is 9.73. The maximum absolute atomic E-state index is 12.1. The van der Waals surface area contributed by atoms with Gasteiger partial charge in [-0.3, -0.25) is 9.69 Å². The van der Waals surface area contributed by atoms with Crippen molar-refractivity contribution in [3.63, 3.8) is 0 Å². The van der Waals surface area contributed by atoms with E-state index in [9.17, 15) is 4.79 Å². The molecule has 0 unspecified atom stereocenters. The zero-order chi connectivity index (χ0) is 20.1. The van der Waals surface area contributed by atoms with Crippen molar-refractivity contribution in [1.29, 1.82) is 0 Å². The van der Waals surface area contributed by atoms with Crippen molar-refractivity contribution in [2.45, 2.75) is 39.3 Å². The van der Waals surface area contributed by atoms with Crippen LogP contribution in [-0.2, 0) is 23.3 Å². The monoisotopic (exact) mass is 386 g/mol. The first-order chi connectivity index (χ1) is 13.4. The molecule has 1 aliphatic rings. The van der Waals surface area contributed by atoms with Gasteiger partial charge in [0.1, 0.15) is 12.4 Å². The summed E-state index contributed by atoms with van der Waals surface area (Å²) in [7, 11) is 1.65. The highest BCUT2D eigenvalue weighted by Gasteiger charge is 2.20. The van der Waals surface area contributed by atoms with E-state index in [1.165, 1.54) is 0 Å². The first kappa shape index (κ1) is 20.4. The molecular weight excluding hydrogens is 356 g/mol. The molecule has 2 aromatic heterocycles. The van der Waals surface area contributed by atoms with E-state index >= 15 is 0 Å². The number of ether oxygens (including phenoxy) is 1. The second-order valence-electron chi connectivity index (χ2n) is 8.12. The molecule has 0 bridgehead atoms. The average Bonchev–Trinajstić information content (AvgIpc) is 2.67. The van der Waals surface area contributed by atoms with Crippen molar-refractivity contribution >= 4 is 5.82 Å². The summed E-state index contributed by atoms with van der Waals surface area (Å²) in [6.07, 6.45) is 1.78. The zero-order valence-electron chi connectivity index (χ0n) is 17.3. The third-order valence-corrected chi connectivity index (χ3v) is 4.92. The van der Waals surface area contributed by atoms with Crippen LogP contribution in [-0.4, -0.2) is 64.5 Å². The number of aromatic nitrogens is 4. The van der Waals surface area contributed by atoms with Gasteiger partial charge in [0.05, 0.1) is 12.2 Å². The first-order valence-electron chi connectivity index (χ1n) is 9.73. The predicted octanol–water partition coefficient (Wildman–Crippen LogP) is 1.30. The van der Waals surface area contributed by atoms with Crippen LogP contribution in [0.1, 0.15) is 32.3 Å². The van der Waals surface area contributed by atoms with Crippen LogP contribution in [0, 0.1) is 0 Å². The van der Waals surface area contributed by atoms with Crippen LogP contribution in [0.4, 0.5) is 5.82 Å². The molecule has 0 radical (unpaired) electrons. The largest absolute Gasteiger partial charge is 0.377 e. The highest BCUT2D eigenvalue weighted by molar-refractivity contribution is 5.38. The van der Waals surface area contributed by atoms with E-state index in [1.54, 1.807) is 24.1 Å². The van der Waals surface area contributed by atoms with Gasteiger partial charge < -0.3 is 9.64 Å². The summed E-state index contributed by atoms with van der Waals surface area (Å²) >= 11 is 0. The summed E-state index contributed by atoms with van der Waals surface area (Å²) in [4.78, 5) is 25.6. The molecule has 2 aromatic rings. The molecule has 28 heavy (non-hydrogen) atoms. The molecular formula is C20H30N6O2. The lowest BCUT2D eigenvalue weighted by atomic mass is 9.92. The minimum atomic E-state index is -0.0692. The van der Waals surface area contributed by atoms with Crippen molar-refractivity contribution in [2.75, 3.05) is 44.7 Å². The smallest absolute Gasteiger partial charge is 0.266 e. The lowest BCUT2D eigenvalue weighted by molar-refractivity contribution is 0.177. The summed E-state index contributed by atoms with van der Waals surface area (Å²) in [6, 6.07) is 5.39. The fourth-order valence-corrected chi connectivity index (χ4v) is 3.21. The summed E-state index contributed by atoms with van der Waals surface area (Å²) in [5.41, 5.74) is 0.825. The van der Waals surface area contributed by atoms with Crippen molar-refractivity contribution < 1.29 is 4.74 Å². The van der Waals surface area contributed by atoms with Gasteiger partial charge in [0, 0.05) is 57.5 Å². The van der Waals surface area contributed by atoms with Crippen molar-refractivity contribution in [3.8, 4) is 0 Å². The molecule has 1 fully saturated rings. The molecule has 0 aromatic carbocycles. The second kappa shape index (κ2) is 8.79. The Kier molecular flexibility index (Phi) is 6.41. The maximum atomic E-state index is 12.1. The van der Waals surface area contributed by atoms with Gasteiger partial charge in [-0.05, 0) is 12.1 Å². The molecule has 0 N–H and O–H groups in total. The van der Waals surface area contributed by atoms with Crippen LogP contribution in [0.2, 0.25) is 0 Å². The van der Waals surface area contributed by atoms with Gasteiger partial charge in [-0.25, -0.2) is 14.6 Å². The fraction of sp³-hybridized carbons (Fsp3) is 0.600. The number of nitrogens with zero attached hydrogens (tertiary/aromatic N) is 6. The fourth-order valence-electron chi connectivity index (χ4n) is 3.21. The van der Waals surface area contributed by atoms with Crippen LogP contribution < -0.4 is 10.5 Å². The average molecular weight is 387 g/mol. The Morgan fingerprint density at radius 3 is 2.50 bits per heavy atom. The van der Waals surface area contributed by atoms with E-state index in [0.29, 0.717) is 19.0 Å². The summed E-state index contributed by atoms with van der Waals surface area (Å²) in [6.45, 7) is 11.8. The summed E-state index contributed by atoms with van der Waals surface area (Å²) in [5.74, 6) is 1.64. The minimum Gasteiger partial charge on any atom is -0.377 e. The van der Waals surface area contributed by atoms with Gasteiger partial charge in [-0.15, -0.1) is 0 Å². The molecule has 8 nitrogen and oxygen atoms in total. The number of hydrogen-bond acceptors (Lipinski definition) is 7. The van der Waals surface area contributed by atoms with Gasteiger partial charge in [0.2, 0.25) is 0 Å². The van der Waals surface area contributed by atoms with Gasteiger partial charge in [-0.2, -0.15) is 5.10 Å². The van der Waals surface area contributed by atoms with Gasteiger partial charge in [0.15, 0.2) is 5.82 Å². The minimum absolute atomic E-state index is 0.0432. The van der Waals surface area contributed by atoms with E-state index in [4.69, 9.17) is 4.74 Å². The summed E-state index contributed by atoms with van der Waals surface area (Å²) in [5, 5.41) is 4.56. The molecule has 1 saturated heterocycles. The standard InChI is InChI=1S/C20H30N6O2/c1-20(2,3)16-5-6-19(27)26(23-16)14-11-24-9-12-25(13-10-24)18-7-8-21-17(22-18)15-28-4/h5-8H,9-15H2,1-4H3. The second-order valence-corrected chi connectivity index (χ2v) is 8.12. The normalized spacial score (nSPS) is 15.8. The number of rotatable bonds is 6. The van der Waals surface area contributed by atoms with Gasteiger partial charge in [0.25, 0.3) is 5.56 Å². The third-order valence-electron chi connectivity index (χ3n) is 4.92. The van der Waals surface area contributed by atoms with Crippen LogP contribution in [0.25, 0.3) is 0 Å². The molecule has 8 heteroatoms. The number of anilines is 1. The molecule has 1 aliphatic heterocycles. The van der Waals surface area contributed by atoms with E-state index in [1.807, 2.05) is 12.1 Å². The highest BCUT2D eigenvalue weighted by atomic mass is 16.5. The quantitative estimate of drug-likeness (QED) is 0.741. The van der Waals surface area contributed by atoms with Crippen molar-refractivity contribution in [1.82, 2.24) is 24.6 Å². The Bertz CT molecular complexity index is 837. The Labute approximate surface area is 166 Å². The number of hydrogen-bond donors (Lipinski definition) is 0. The molecule has 152 valence electrons. The lowest BCUT2D eigenvalue weighted by Crippen LogP contribution is -2.48. The van der Waals surface area contributed by atoms with Gasteiger partial charge >= 0.3 is 0 Å². The van der Waals surface area contributed by atoms with E-state index in [2.05, 4.69) is 45.6 Å². The van der Waals surface area contributed by atoms with Gasteiger partial charge in [-0.1, -0.05) is 20.8 Å². The number of piperazine rings is 1. The zero-order valence-corrected chi connectivity index (χ0v) is 17.3. The molecule has 0 spiro atoms. The lowest BCUT2D eigenvalue weighted by Gasteiger charge is -2.35. The van der Waals surface area contributed by atoms with Crippen molar-refractivity contribution in [3.05, 3.63) is 46.3 Å². The van der Waals surface area contributed by atoms with E-state index < -0.39 is 0 Å². The highest BCUT2D eigenvalue weighted by Crippen LogP contribution is 2.18. The molecule has 3 rings (SSSR count). The Balaban J connectivity index is 1.55. The maximum Gasteiger partial charge on any atom is 0.266 e. The molecule has 0 aliphatic carbocycles. The van der Waals surface area contributed by atoms with E-state index in [0.717, 1.165) is 44.2 Å². The van der Waals surface area contributed by atoms with Crippen LogP contribution in [0.3, 0.4) is 0 Å². The summed E-state index contributed by atoms with van der Waals surface area (Å²) < 4.78 is 6.71. The molecule has 0 saturated carbocycles. The SMILES string of the molecule is COCc1nccc(N2CCN(CCn3nc(C(C)(C)C)ccc3=O)CC2)n1. The Hall–Kier alpha value is -2.32. The van der Waals surface area contributed by atoms with Crippen LogP contribution in [0.5, 0.6) is 0 Å². The number of methoxy groups -OCH3 is 1. The molecule has 0 atom stereocenters. The van der Waals surface area contributed by atoms with Crippen molar-refractivity contribution in [2.24, 2.45) is 0 Å².